The fourth-order valence-corrected chi connectivity index (χ4v) is 2.74. The molecule has 1 fully saturated rings. The summed E-state index contributed by atoms with van der Waals surface area (Å²) in [7, 11) is 1.62. The van der Waals surface area contributed by atoms with Crippen LogP contribution in [0.4, 0.5) is 5.69 Å². The molecule has 1 amide bonds. The minimum Gasteiger partial charge on any atom is -0.497 e. The number of methoxy groups -OCH3 is 1. The van der Waals surface area contributed by atoms with Crippen LogP contribution in [0, 0.1) is 5.41 Å². The SMILES string of the molecule is COc1ccc(C2OCC(C)(C(=O)Nc3ccc(OC(C)C)nc3)CO2)cc1. The third-order valence-corrected chi connectivity index (χ3v) is 4.39. The Bertz CT molecular complexity index is 781. The molecular formula is C21H26N2O5. The lowest BCUT2D eigenvalue weighted by Crippen LogP contribution is -2.45. The summed E-state index contributed by atoms with van der Waals surface area (Å²) >= 11 is 0. The maximum atomic E-state index is 12.7. The summed E-state index contributed by atoms with van der Waals surface area (Å²) in [5, 5.41) is 2.87. The van der Waals surface area contributed by atoms with Gasteiger partial charge in [-0.3, -0.25) is 4.79 Å². The molecule has 1 aliphatic rings. The van der Waals surface area contributed by atoms with E-state index in [1.807, 2.05) is 45.0 Å². The fourth-order valence-electron chi connectivity index (χ4n) is 2.74. The summed E-state index contributed by atoms with van der Waals surface area (Å²) in [6, 6.07) is 11.0. The predicted octanol–water partition coefficient (Wildman–Crippen LogP) is 3.57. The Morgan fingerprint density at radius 2 is 1.86 bits per heavy atom. The van der Waals surface area contributed by atoms with Crippen molar-refractivity contribution in [3.63, 3.8) is 0 Å². The van der Waals surface area contributed by atoms with Crippen LogP contribution in [0.25, 0.3) is 0 Å². The van der Waals surface area contributed by atoms with Crippen molar-refractivity contribution >= 4 is 11.6 Å². The van der Waals surface area contributed by atoms with Gasteiger partial charge in [0.1, 0.15) is 5.75 Å². The van der Waals surface area contributed by atoms with Crippen molar-refractivity contribution in [2.24, 2.45) is 5.41 Å². The molecule has 0 bridgehead atoms. The summed E-state index contributed by atoms with van der Waals surface area (Å²) < 4.78 is 22.3. The lowest BCUT2D eigenvalue weighted by molar-refractivity contribution is -0.226. The van der Waals surface area contributed by atoms with Crippen LogP contribution in [0.5, 0.6) is 11.6 Å². The summed E-state index contributed by atoms with van der Waals surface area (Å²) in [6.07, 6.45) is 1.12. The Morgan fingerprint density at radius 1 is 1.18 bits per heavy atom. The second kappa shape index (κ2) is 8.58. The van der Waals surface area contributed by atoms with Crippen LogP contribution in [0.2, 0.25) is 0 Å². The Morgan fingerprint density at radius 3 is 2.39 bits per heavy atom. The average Bonchev–Trinajstić information content (AvgIpc) is 2.70. The van der Waals surface area contributed by atoms with E-state index in [4.69, 9.17) is 18.9 Å². The maximum Gasteiger partial charge on any atom is 0.235 e. The van der Waals surface area contributed by atoms with Crippen molar-refractivity contribution < 1.29 is 23.7 Å². The molecular weight excluding hydrogens is 360 g/mol. The zero-order valence-corrected chi connectivity index (χ0v) is 16.6. The molecule has 0 aliphatic carbocycles. The number of aromatic nitrogens is 1. The number of hydrogen-bond acceptors (Lipinski definition) is 6. The van der Waals surface area contributed by atoms with E-state index in [1.165, 1.54) is 0 Å². The first-order valence-electron chi connectivity index (χ1n) is 9.21. The molecule has 1 saturated heterocycles. The number of amides is 1. The third-order valence-electron chi connectivity index (χ3n) is 4.39. The van der Waals surface area contributed by atoms with E-state index < -0.39 is 11.7 Å². The lowest BCUT2D eigenvalue weighted by Gasteiger charge is -2.36. The quantitative estimate of drug-likeness (QED) is 0.818. The molecule has 1 aromatic heterocycles. The number of nitrogens with zero attached hydrogens (tertiary/aromatic N) is 1. The standard InChI is InChI=1S/C21H26N2O5/c1-14(2)28-18-10-7-16(11-22-18)23-20(24)21(3)12-26-19(27-13-21)15-5-8-17(25-4)9-6-15/h5-11,14,19H,12-13H2,1-4H3,(H,23,24). The molecule has 28 heavy (non-hydrogen) atoms. The number of rotatable bonds is 6. The van der Waals surface area contributed by atoms with Gasteiger partial charge in [-0.25, -0.2) is 4.98 Å². The average molecular weight is 386 g/mol. The maximum absolute atomic E-state index is 12.7. The summed E-state index contributed by atoms with van der Waals surface area (Å²) in [5.74, 6) is 1.10. The van der Waals surface area contributed by atoms with Crippen LogP contribution in [0.3, 0.4) is 0 Å². The van der Waals surface area contributed by atoms with Gasteiger partial charge in [0.15, 0.2) is 6.29 Å². The molecule has 0 saturated carbocycles. The summed E-state index contributed by atoms with van der Waals surface area (Å²) in [4.78, 5) is 16.9. The highest BCUT2D eigenvalue weighted by molar-refractivity contribution is 5.95. The Balaban J connectivity index is 1.57. The normalized spacial score (nSPS) is 22.0. The molecule has 0 spiro atoms. The van der Waals surface area contributed by atoms with E-state index in [2.05, 4.69) is 10.3 Å². The third kappa shape index (κ3) is 4.79. The van der Waals surface area contributed by atoms with Gasteiger partial charge >= 0.3 is 0 Å². The van der Waals surface area contributed by atoms with Crippen molar-refractivity contribution in [3.05, 3.63) is 48.2 Å². The molecule has 0 radical (unpaired) electrons. The second-order valence-corrected chi connectivity index (χ2v) is 7.29. The van der Waals surface area contributed by atoms with E-state index in [0.717, 1.165) is 11.3 Å². The Hall–Kier alpha value is -2.64. The van der Waals surface area contributed by atoms with E-state index >= 15 is 0 Å². The van der Waals surface area contributed by atoms with Crippen molar-refractivity contribution in [2.75, 3.05) is 25.6 Å². The highest BCUT2D eigenvalue weighted by Gasteiger charge is 2.40. The first kappa shape index (κ1) is 20.1. The van der Waals surface area contributed by atoms with Crippen molar-refractivity contribution in [2.45, 2.75) is 33.2 Å². The first-order valence-corrected chi connectivity index (χ1v) is 9.21. The van der Waals surface area contributed by atoms with E-state index in [0.29, 0.717) is 11.6 Å². The number of pyridine rings is 1. The van der Waals surface area contributed by atoms with Gasteiger partial charge in [0.2, 0.25) is 11.8 Å². The largest absolute Gasteiger partial charge is 0.497 e. The minimum absolute atomic E-state index is 0.0436. The number of nitrogens with one attached hydrogen (secondary N) is 1. The van der Waals surface area contributed by atoms with Crippen molar-refractivity contribution in [1.29, 1.82) is 0 Å². The summed E-state index contributed by atoms with van der Waals surface area (Å²) in [5.41, 5.74) is 0.684. The van der Waals surface area contributed by atoms with Gasteiger partial charge < -0.3 is 24.3 Å². The van der Waals surface area contributed by atoms with E-state index in [1.54, 1.807) is 25.4 Å². The van der Waals surface area contributed by atoms with Gasteiger partial charge in [-0.15, -0.1) is 0 Å². The number of carbonyl (C=O) groups is 1. The molecule has 3 rings (SSSR count). The van der Waals surface area contributed by atoms with Crippen molar-refractivity contribution in [3.8, 4) is 11.6 Å². The number of ether oxygens (including phenoxy) is 4. The van der Waals surface area contributed by atoms with Crippen LogP contribution in [-0.4, -0.2) is 37.3 Å². The molecule has 0 atom stereocenters. The van der Waals surface area contributed by atoms with Crippen LogP contribution < -0.4 is 14.8 Å². The van der Waals surface area contributed by atoms with Gasteiger partial charge in [-0.05, 0) is 39.0 Å². The summed E-state index contributed by atoms with van der Waals surface area (Å²) in [6.45, 7) is 6.17. The van der Waals surface area contributed by atoms with Crippen molar-refractivity contribution in [1.82, 2.24) is 4.98 Å². The van der Waals surface area contributed by atoms with Gasteiger partial charge in [0, 0.05) is 11.6 Å². The molecule has 2 heterocycles. The van der Waals surface area contributed by atoms with Gasteiger partial charge in [0.05, 0.1) is 43.7 Å². The van der Waals surface area contributed by atoms with E-state index in [-0.39, 0.29) is 25.2 Å². The molecule has 0 unspecified atom stereocenters. The molecule has 2 aromatic rings. The monoisotopic (exact) mass is 386 g/mol. The molecule has 150 valence electrons. The molecule has 7 nitrogen and oxygen atoms in total. The highest BCUT2D eigenvalue weighted by atomic mass is 16.7. The van der Waals surface area contributed by atoms with Gasteiger partial charge in [-0.1, -0.05) is 12.1 Å². The first-order chi connectivity index (χ1) is 13.4. The fraction of sp³-hybridized carbons (Fsp3) is 0.429. The van der Waals surface area contributed by atoms with E-state index in [9.17, 15) is 4.79 Å². The van der Waals surface area contributed by atoms with Crippen LogP contribution in [-0.2, 0) is 14.3 Å². The predicted molar refractivity (Wildman–Crippen MR) is 104 cm³/mol. The number of carbonyl (C=O) groups excluding carboxylic acids is 1. The number of hydrogen-bond donors (Lipinski definition) is 1. The van der Waals surface area contributed by atoms with Crippen LogP contribution in [0.1, 0.15) is 32.6 Å². The number of benzene rings is 1. The Labute approximate surface area is 165 Å². The van der Waals surface area contributed by atoms with Gasteiger partial charge in [-0.2, -0.15) is 0 Å². The molecule has 1 N–H and O–H groups in total. The zero-order chi connectivity index (χ0) is 20.1. The smallest absolute Gasteiger partial charge is 0.235 e. The van der Waals surface area contributed by atoms with Gasteiger partial charge in [0.25, 0.3) is 0 Å². The molecule has 7 heteroatoms. The van der Waals surface area contributed by atoms with Crippen LogP contribution in [0.15, 0.2) is 42.6 Å². The number of anilines is 1. The zero-order valence-electron chi connectivity index (χ0n) is 16.6. The highest BCUT2D eigenvalue weighted by Crippen LogP contribution is 2.33. The lowest BCUT2D eigenvalue weighted by atomic mass is 9.90. The Kier molecular flexibility index (Phi) is 6.16. The minimum atomic E-state index is -0.796. The molecule has 1 aliphatic heterocycles. The molecule has 1 aromatic carbocycles. The topological polar surface area (TPSA) is 78.9 Å². The van der Waals surface area contributed by atoms with Crippen LogP contribution >= 0.6 is 0 Å². The second-order valence-electron chi connectivity index (χ2n) is 7.29.